The number of nitrogens with one attached hydrogen (secondary N) is 1. The molecule has 3 rings (SSSR count). The van der Waals surface area contributed by atoms with Crippen LogP contribution in [0.15, 0.2) is 0 Å². The Bertz CT molecular complexity index is 303. The summed E-state index contributed by atoms with van der Waals surface area (Å²) >= 11 is 0. The standard InChI is InChI=1S/C18H34N2/c1-4-11-19-17-16(9-10-18(17,2)3)20(12-14-5-6-14)13-15-7-8-15/h14-17,19H,4-13H2,1-3H3. The van der Waals surface area contributed by atoms with E-state index in [2.05, 4.69) is 31.0 Å². The zero-order valence-corrected chi connectivity index (χ0v) is 13.8. The molecule has 2 heteroatoms. The van der Waals surface area contributed by atoms with Gasteiger partial charge in [-0.25, -0.2) is 0 Å². The Labute approximate surface area is 125 Å². The van der Waals surface area contributed by atoms with E-state index in [4.69, 9.17) is 0 Å². The molecule has 0 spiro atoms. The Hall–Kier alpha value is -0.0800. The fourth-order valence-corrected chi connectivity index (χ4v) is 4.08. The minimum atomic E-state index is 0.477. The summed E-state index contributed by atoms with van der Waals surface area (Å²) in [5.41, 5.74) is 0.477. The lowest BCUT2D eigenvalue weighted by molar-refractivity contribution is 0.133. The van der Waals surface area contributed by atoms with Crippen LogP contribution in [0.25, 0.3) is 0 Å². The molecule has 0 saturated heterocycles. The number of hydrogen-bond acceptors (Lipinski definition) is 2. The average Bonchev–Trinajstić information content (AvgIpc) is 3.29. The predicted molar refractivity (Wildman–Crippen MR) is 85.9 cm³/mol. The van der Waals surface area contributed by atoms with Crippen molar-refractivity contribution in [3.8, 4) is 0 Å². The summed E-state index contributed by atoms with van der Waals surface area (Å²) < 4.78 is 0. The summed E-state index contributed by atoms with van der Waals surface area (Å²) in [5.74, 6) is 2.06. The van der Waals surface area contributed by atoms with Gasteiger partial charge in [-0.1, -0.05) is 20.8 Å². The summed E-state index contributed by atoms with van der Waals surface area (Å²) in [7, 11) is 0. The first kappa shape index (κ1) is 14.8. The first-order valence-electron chi connectivity index (χ1n) is 9.07. The second kappa shape index (κ2) is 5.96. The Balaban J connectivity index is 1.65. The van der Waals surface area contributed by atoms with Crippen LogP contribution in [0.5, 0.6) is 0 Å². The van der Waals surface area contributed by atoms with E-state index in [0.29, 0.717) is 11.5 Å². The summed E-state index contributed by atoms with van der Waals surface area (Å²) in [5, 5.41) is 3.90. The molecule has 2 unspecified atom stereocenters. The SMILES string of the molecule is CCCNC1C(N(CC2CC2)CC2CC2)CCC1(C)C. The number of hydrogen-bond donors (Lipinski definition) is 1. The smallest absolute Gasteiger partial charge is 0.0274 e. The van der Waals surface area contributed by atoms with Gasteiger partial charge in [-0.15, -0.1) is 0 Å². The molecular weight excluding hydrogens is 244 g/mol. The van der Waals surface area contributed by atoms with Crippen LogP contribution in [0.1, 0.15) is 65.7 Å². The summed E-state index contributed by atoms with van der Waals surface area (Å²) in [6.45, 7) is 11.2. The van der Waals surface area contributed by atoms with E-state index in [0.717, 1.165) is 17.9 Å². The molecule has 1 N–H and O–H groups in total. The van der Waals surface area contributed by atoms with Crippen molar-refractivity contribution in [2.24, 2.45) is 17.3 Å². The number of rotatable bonds is 8. The van der Waals surface area contributed by atoms with Crippen molar-refractivity contribution >= 4 is 0 Å². The zero-order valence-electron chi connectivity index (χ0n) is 13.8. The third kappa shape index (κ3) is 3.57. The van der Waals surface area contributed by atoms with Crippen LogP contribution in [-0.2, 0) is 0 Å². The highest BCUT2D eigenvalue weighted by atomic mass is 15.2. The number of nitrogens with zero attached hydrogens (tertiary/aromatic N) is 1. The molecule has 0 radical (unpaired) electrons. The third-order valence-corrected chi connectivity index (χ3v) is 5.77. The van der Waals surface area contributed by atoms with Crippen molar-refractivity contribution in [3.05, 3.63) is 0 Å². The second-order valence-corrected chi connectivity index (χ2v) is 8.37. The minimum Gasteiger partial charge on any atom is -0.312 e. The van der Waals surface area contributed by atoms with Crippen molar-refractivity contribution in [2.75, 3.05) is 19.6 Å². The Kier molecular flexibility index (Phi) is 4.42. The molecule has 116 valence electrons. The van der Waals surface area contributed by atoms with Crippen LogP contribution in [0, 0.1) is 17.3 Å². The summed E-state index contributed by atoms with van der Waals surface area (Å²) in [6.07, 6.45) is 10.0. The molecule has 3 aliphatic rings. The van der Waals surface area contributed by atoms with Crippen molar-refractivity contribution < 1.29 is 0 Å². The Morgan fingerprint density at radius 1 is 1.00 bits per heavy atom. The van der Waals surface area contributed by atoms with E-state index in [1.54, 1.807) is 0 Å². The van der Waals surface area contributed by atoms with E-state index in [1.165, 1.54) is 64.6 Å². The van der Waals surface area contributed by atoms with E-state index >= 15 is 0 Å². The zero-order chi connectivity index (χ0) is 14.2. The maximum atomic E-state index is 3.90. The molecule has 3 saturated carbocycles. The van der Waals surface area contributed by atoms with Gasteiger partial charge in [-0.3, -0.25) is 4.90 Å². The van der Waals surface area contributed by atoms with Crippen LogP contribution < -0.4 is 5.32 Å². The van der Waals surface area contributed by atoms with Crippen LogP contribution in [0.4, 0.5) is 0 Å². The van der Waals surface area contributed by atoms with Crippen molar-refractivity contribution in [3.63, 3.8) is 0 Å². The van der Waals surface area contributed by atoms with Gasteiger partial charge in [-0.05, 0) is 68.7 Å². The molecule has 0 aromatic rings. The van der Waals surface area contributed by atoms with E-state index in [1.807, 2.05) is 0 Å². The van der Waals surface area contributed by atoms with Crippen LogP contribution in [0.2, 0.25) is 0 Å². The van der Waals surface area contributed by atoms with Crippen molar-refractivity contribution in [1.29, 1.82) is 0 Å². The molecular formula is C18H34N2. The Morgan fingerprint density at radius 2 is 1.60 bits per heavy atom. The lowest BCUT2D eigenvalue weighted by Crippen LogP contribution is -2.53. The van der Waals surface area contributed by atoms with Crippen LogP contribution in [-0.4, -0.2) is 36.6 Å². The minimum absolute atomic E-state index is 0.477. The van der Waals surface area contributed by atoms with Crippen molar-refractivity contribution in [1.82, 2.24) is 10.2 Å². The van der Waals surface area contributed by atoms with Gasteiger partial charge >= 0.3 is 0 Å². The normalized spacial score (nSPS) is 33.0. The molecule has 2 nitrogen and oxygen atoms in total. The molecule has 0 aromatic heterocycles. The maximum Gasteiger partial charge on any atom is 0.0274 e. The van der Waals surface area contributed by atoms with Gasteiger partial charge < -0.3 is 5.32 Å². The molecule has 0 aromatic carbocycles. The van der Waals surface area contributed by atoms with Gasteiger partial charge in [0.1, 0.15) is 0 Å². The summed E-state index contributed by atoms with van der Waals surface area (Å²) in [6, 6.07) is 1.51. The van der Waals surface area contributed by atoms with E-state index in [-0.39, 0.29) is 0 Å². The Morgan fingerprint density at radius 3 is 2.10 bits per heavy atom. The molecule has 3 fully saturated rings. The molecule has 0 amide bonds. The lowest BCUT2D eigenvalue weighted by Gasteiger charge is -2.38. The van der Waals surface area contributed by atoms with Gasteiger partial charge in [-0.2, -0.15) is 0 Å². The maximum absolute atomic E-state index is 3.90. The molecule has 0 heterocycles. The van der Waals surface area contributed by atoms with Gasteiger partial charge in [0.05, 0.1) is 0 Å². The molecule has 20 heavy (non-hydrogen) atoms. The monoisotopic (exact) mass is 278 g/mol. The van der Waals surface area contributed by atoms with Gasteiger partial charge in [0.2, 0.25) is 0 Å². The first-order chi connectivity index (χ1) is 9.60. The second-order valence-electron chi connectivity index (χ2n) is 8.37. The highest BCUT2D eigenvalue weighted by Gasteiger charge is 2.45. The molecule has 3 aliphatic carbocycles. The largest absolute Gasteiger partial charge is 0.312 e. The quantitative estimate of drug-likeness (QED) is 0.729. The van der Waals surface area contributed by atoms with E-state index in [9.17, 15) is 0 Å². The lowest BCUT2D eigenvalue weighted by atomic mass is 9.86. The third-order valence-electron chi connectivity index (χ3n) is 5.77. The predicted octanol–water partition coefficient (Wildman–Crippen LogP) is 3.67. The summed E-state index contributed by atoms with van der Waals surface area (Å²) in [4.78, 5) is 2.90. The highest BCUT2D eigenvalue weighted by molar-refractivity contribution is 5.02. The van der Waals surface area contributed by atoms with Gasteiger partial charge in [0.25, 0.3) is 0 Å². The molecule has 0 bridgehead atoms. The van der Waals surface area contributed by atoms with Crippen molar-refractivity contribution in [2.45, 2.75) is 77.8 Å². The fraction of sp³-hybridized carbons (Fsp3) is 1.00. The van der Waals surface area contributed by atoms with E-state index < -0.39 is 0 Å². The van der Waals surface area contributed by atoms with Gasteiger partial charge in [0, 0.05) is 25.2 Å². The fourth-order valence-electron chi connectivity index (χ4n) is 4.08. The van der Waals surface area contributed by atoms with Crippen LogP contribution in [0.3, 0.4) is 0 Å². The molecule has 0 aliphatic heterocycles. The average molecular weight is 278 g/mol. The van der Waals surface area contributed by atoms with Crippen LogP contribution >= 0.6 is 0 Å². The molecule has 2 atom stereocenters. The van der Waals surface area contributed by atoms with Gasteiger partial charge in [0.15, 0.2) is 0 Å². The topological polar surface area (TPSA) is 15.3 Å². The first-order valence-corrected chi connectivity index (χ1v) is 9.07. The highest BCUT2D eigenvalue weighted by Crippen LogP contribution is 2.43.